The number of halogens is 2. The maximum Gasteiger partial charge on any atom is 0.255 e. The number of nitrogens with one attached hydrogen (secondary N) is 1. The summed E-state index contributed by atoms with van der Waals surface area (Å²) in [5, 5.41) is 3.45. The fraction of sp³-hybridized carbons (Fsp3) is 0.462. The molecule has 1 heterocycles. The summed E-state index contributed by atoms with van der Waals surface area (Å²) in [7, 11) is 0. The molecule has 1 N–H and O–H groups in total. The topological polar surface area (TPSA) is 24.5 Å². The minimum Gasteiger partial charge on any atom is -0.493 e. The first-order chi connectivity index (χ1) is 15.0. The summed E-state index contributed by atoms with van der Waals surface area (Å²) >= 11 is 0. The molecule has 1 unspecified atom stereocenters. The van der Waals surface area contributed by atoms with Gasteiger partial charge >= 0.3 is 0 Å². The van der Waals surface area contributed by atoms with Crippen molar-refractivity contribution in [1.82, 2.24) is 10.2 Å². The van der Waals surface area contributed by atoms with Crippen molar-refractivity contribution in [2.75, 3.05) is 13.2 Å². The summed E-state index contributed by atoms with van der Waals surface area (Å²) in [6.45, 7) is 7.89. The van der Waals surface area contributed by atoms with E-state index in [0.717, 1.165) is 32.6 Å². The number of ether oxygens (including phenoxy) is 1. The SMILES string of the molecule is C=C(NCc1ccc(CN2CCc3cc(OCC4CC4(F)F)ccc3C2)cc1)C1CC1. The number of hydrogen-bond acceptors (Lipinski definition) is 3. The van der Waals surface area contributed by atoms with E-state index in [4.69, 9.17) is 4.74 Å². The molecule has 3 nitrogen and oxygen atoms in total. The maximum atomic E-state index is 13.0. The van der Waals surface area contributed by atoms with E-state index in [1.165, 1.54) is 40.8 Å². The summed E-state index contributed by atoms with van der Waals surface area (Å²) in [6.07, 6.45) is 3.46. The Morgan fingerprint density at radius 2 is 1.84 bits per heavy atom. The van der Waals surface area contributed by atoms with Gasteiger partial charge in [0.05, 0.1) is 12.5 Å². The molecule has 2 fully saturated rings. The number of fused-ring (bicyclic) bond motifs is 1. The zero-order valence-corrected chi connectivity index (χ0v) is 17.9. The molecule has 2 saturated carbocycles. The third kappa shape index (κ3) is 5.09. The standard InChI is InChI=1S/C26H30F2N2O/c1-18(21-6-7-21)29-14-19-2-4-20(5-3-19)15-30-11-10-22-12-25(9-8-23(22)16-30)31-17-24-13-26(24,27)28/h2-5,8-9,12,21,24,29H,1,6-7,10-11,13-17H2. The molecule has 164 valence electrons. The van der Waals surface area contributed by atoms with Gasteiger partial charge in [-0.3, -0.25) is 4.90 Å². The lowest BCUT2D eigenvalue weighted by atomic mass is 9.99. The minimum atomic E-state index is -2.52. The first-order valence-electron chi connectivity index (χ1n) is 11.3. The van der Waals surface area contributed by atoms with Crippen molar-refractivity contribution < 1.29 is 13.5 Å². The van der Waals surface area contributed by atoms with Gasteiger partial charge in [-0.25, -0.2) is 8.78 Å². The first kappa shape index (κ1) is 20.5. The average molecular weight is 425 g/mol. The van der Waals surface area contributed by atoms with E-state index < -0.39 is 11.8 Å². The molecule has 0 amide bonds. The van der Waals surface area contributed by atoms with Crippen molar-refractivity contribution in [2.45, 2.75) is 51.2 Å². The summed E-state index contributed by atoms with van der Waals surface area (Å²) in [6, 6.07) is 14.9. The molecule has 0 radical (unpaired) electrons. The van der Waals surface area contributed by atoms with Crippen LogP contribution in [0.5, 0.6) is 5.75 Å². The lowest BCUT2D eigenvalue weighted by Crippen LogP contribution is -2.30. The fourth-order valence-corrected chi connectivity index (χ4v) is 4.27. The normalized spacial score (nSPS) is 21.9. The van der Waals surface area contributed by atoms with Gasteiger partial charge < -0.3 is 10.1 Å². The molecule has 1 atom stereocenters. The Kier molecular flexibility index (Phi) is 5.47. The van der Waals surface area contributed by atoms with Crippen LogP contribution < -0.4 is 10.1 Å². The Labute approximate surface area is 183 Å². The molecule has 5 rings (SSSR count). The van der Waals surface area contributed by atoms with Crippen LogP contribution >= 0.6 is 0 Å². The summed E-state index contributed by atoms with van der Waals surface area (Å²) in [5.74, 6) is -1.73. The monoisotopic (exact) mass is 424 g/mol. The quantitative estimate of drug-likeness (QED) is 0.592. The summed E-state index contributed by atoms with van der Waals surface area (Å²) in [5.41, 5.74) is 6.35. The van der Waals surface area contributed by atoms with Crippen LogP contribution in [0, 0.1) is 11.8 Å². The molecule has 1 aliphatic heterocycles. The molecule has 0 bridgehead atoms. The predicted octanol–water partition coefficient (Wildman–Crippen LogP) is 5.29. The predicted molar refractivity (Wildman–Crippen MR) is 118 cm³/mol. The molecule has 2 aliphatic carbocycles. The molecule has 0 aromatic heterocycles. The third-order valence-electron chi connectivity index (χ3n) is 6.69. The van der Waals surface area contributed by atoms with Gasteiger partial charge in [0.25, 0.3) is 5.92 Å². The molecule has 31 heavy (non-hydrogen) atoms. The van der Waals surface area contributed by atoms with Crippen molar-refractivity contribution >= 4 is 0 Å². The highest BCUT2D eigenvalue weighted by molar-refractivity contribution is 5.37. The lowest BCUT2D eigenvalue weighted by molar-refractivity contribution is 0.0856. The van der Waals surface area contributed by atoms with E-state index >= 15 is 0 Å². The molecular weight excluding hydrogens is 394 g/mol. The van der Waals surface area contributed by atoms with Crippen LogP contribution in [0.1, 0.15) is 41.5 Å². The van der Waals surface area contributed by atoms with Crippen LogP contribution in [-0.2, 0) is 26.1 Å². The Morgan fingerprint density at radius 3 is 2.55 bits per heavy atom. The zero-order valence-electron chi connectivity index (χ0n) is 17.9. The van der Waals surface area contributed by atoms with Gasteiger partial charge in [-0.2, -0.15) is 0 Å². The summed E-state index contributed by atoms with van der Waals surface area (Å²) < 4.78 is 31.7. The van der Waals surface area contributed by atoms with Crippen LogP contribution in [0.4, 0.5) is 8.78 Å². The molecule has 0 spiro atoms. The van der Waals surface area contributed by atoms with Gasteiger partial charge in [0, 0.05) is 38.3 Å². The van der Waals surface area contributed by atoms with Gasteiger partial charge in [-0.15, -0.1) is 0 Å². The van der Waals surface area contributed by atoms with E-state index in [2.05, 4.69) is 47.1 Å². The van der Waals surface area contributed by atoms with Crippen molar-refractivity contribution in [1.29, 1.82) is 0 Å². The highest BCUT2D eigenvalue weighted by Gasteiger charge is 2.57. The molecule has 2 aromatic rings. The van der Waals surface area contributed by atoms with Gasteiger partial charge in [0.15, 0.2) is 0 Å². The van der Waals surface area contributed by atoms with Crippen molar-refractivity contribution in [3.8, 4) is 5.75 Å². The highest BCUT2D eigenvalue weighted by atomic mass is 19.3. The van der Waals surface area contributed by atoms with Gasteiger partial charge in [-0.05, 0) is 59.6 Å². The number of nitrogens with zero attached hydrogens (tertiary/aromatic N) is 1. The molecule has 2 aromatic carbocycles. The van der Waals surface area contributed by atoms with E-state index in [9.17, 15) is 8.78 Å². The number of rotatable bonds is 9. The van der Waals surface area contributed by atoms with Crippen LogP contribution in [0.25, 0.3) is 0 Å². The van der Waals surface area contributed by atoms with E-state index in [0.29, 0.717) is 11.7 Å². The first-order valence-corrected chi connectivity index (χ1v) is 11.3. The third-order valence-corrected chi connectivity index (χ3v) is 6.69. The Balaban J connectivity index is 1.11. The smallest absolute Gasteiger partial charge is 0.255 e. The lowest BCUT2D eigenvalue weighted by Gasteiger charge is -2.29. The van der Waals surface area contributed by atoms with Gasteiger partial charge in [-0.1, -0.05) is 36.9 Å². The van der Waals surface area contributed by atoms with Gasteiger partial charge in [0.1, 0.15) is 5.75 Å². The van der Waals surface area contributed by atoms with E-state index in [1.807, 2.05) is 12.1 Å². The van der Waals surface area contributed by atoms with Crippen molar-refractivity contribution in [3.05, 3.63) is 77.0 Å². The minimum absolute atomic E-state index is 0.0415. The van der Waals surface area contributed by atoms with E-state index in [-0.39, 0.29) is 13.0 Å². The molecule has 3 aliphatic rings. The van der Waals surface area contributed by atoms with E-state index in [1.54, 1.807) is 0 Å². The maximum absolute atomic E-state index is 13.0. The Morgan fingerprint density at radius 1 is 1.10 bits per heavy atom. The summed E-state index contributed by atoms with van der Waals surface area (Å²) in [4.78, 5) is 2.45. The largest absolute Gasteiger partial charge is 0.493 e. The zero-order chi connectivity index (χ0) is 21.4. The molecule has 5 heteroatoms. The van der Waals surface area contributed by atoms with Crippen molar-refractivity contribution in [3.63, 3.8) is 0 Å². The fourth-order valence-electron chi connectivity index (χ4n) is 4.27. The average Bonchev–Trinajstić information content (AvgIpc) is 3.69. The second-order valence-electron chi connectivity index (χ2n) is 9.33. The van der Waals surface area contributed by atoms with Crippen LogP contribution in [0.15, 0.2) is 54.7 Å². The van der Waals surface area contributed by atoms with Crippen molar-refractivity contribution in [2.24, 2.45) is 11.8 Å². The number of benzene rings is 2. The Hall–Kier alpha value is -2.40. The second kappa shape index (κ2) is 8.27. The highest BCUT2D eigenvalue weighted by Crippen LogP contribution is 2.48. The number of allylic oxidation sites excluding steroid dienone is 1. The molecular formula is C26H30F2N2O. The number of alkyl halides is 2. The molecule has 0 saturated heterocycles. The van der Waals surface area contributed by atoms with Crippen LogP contribution in [-0.4, -0.2) is 24.0 Å². The van der Waals surface area contributed by atoms with Crippen LogP contribution in [0.2, 0.25) is 0 Å². The van der Waals surface area contributed by atoms with Crippen LogP contribution in [0.3, 0.4) is 0 Å². The van der Waals surface area contributed by atoms with Gasteiger partial charge in [0.2, 0.25) is 0 Å². The Bertz CT molecular complexity index is 952. The number of hydrogen-bond donors (Lipinski definition) is 1. The second-order valence-corrected chi connectivity index (χ2v) is 9.33.